The Morgan fingerprint density at radius 2 is 1.92 bits per heavy atom. The van der Waals surface area contributed by atoms with Crippen molar-refractivity contribution >= 4 is 17.1 Å². The highest BCUT2D eigenvalue weighted by Gasteiger charge is 2.20. The molecule has 0 aliphatic heterocycles. The van der Waals surface area contributed by atoms with Crippen molar-refractivity contribution in [1.29, 1.82) is 0 Å². The van der Waals surface area contributed by atoms with Crippen LogP contribution in [0.4, 0.5) is 0 Å². The van der Waals surface area contributed by atoms with Crippen molar-refractivity contribution in [2.75, 3.05) is 7.05 Å². The lowest BCUT2D eigenvalue weighted by molar-refractivity contribution is 0.0960. The fraction of sp³-hybridized carbons (Fsp3) is 0.0556. The van der Waals surface area contributed by atoms with Crippen LogP contribution in [0.5, 0.6) is 0 Å². The van der Waals surface area contributed by atoms with Crippen molar-refractivity contribution in [2.45, 2.75) is 0 Å². The maximum absolute atomic E-state index is 12.5. The van der Waals surface area contributed by atoms with E-state index in [9.17, 15) is 9.59 Å². The van der Waals surface area contributed by atoms with Gasteiger partial charge in [-0.25, -0.2) is 19.3 Å². The number of pyridine rings is 1. The number of aromatic nitrogens is 5. The van der Waals surface area contributed by atoms with Crippen molar-refractivity contribution in [3.05, 3.63) is 71.0 Å². The number of nitrogens with one attached hydrogen (secondary N) is 2. The normalized spacial score (nSPS) is 10.8. The largest absolute Gasteiger partial charge is 0.354 e. The molecule has 8 heteroatoms. The maximum Gasteiger partial charge on any atom is 0.332 e. The molecule has 128 valence electrons. The third kappa shape index (κ3) is 2.53. The number of carbonyl (C=O) groups is 1. The Labute approximate surface area is 147 Å². The Balaban J connectivity index is 2.08. The molecule has 1 aromatic carbocycles. The van der Waals surface area contributed by atoms with Gasteiger partial charge in [0.05, 0.1) is 5.69 Å². The number of carbonyl (C=O) groups excluding carboxylic acids is 1. The molecule has 8 nitrogen and oxygen atoms in total. The van der Waals surface area contributed by atoms with Gasteiger partial charge in [0.15, 0.2) is 17.2 Å². The number of aromatic amines is 1. The summed E-state index contributed by atoms with van der Waals surface area (Å²) in [5.74, 6) is -0.100. The first-order valence-electron chi connectivity index (χ1n) is 7.89. The van der Waals surface area contributed by atoms with Crippen LogP contribution in [-0.4, -0.2) is 37.5 Å². The number of benzene rings is 1. The smallest absolute Gasteiger partial charge is 0.332 e. The van der Waals surface area contributed by atoms with Gasteiger partial charge in [-0.1, -0.05) is 18.2 Å². The van der Waals surface area contributed by atoms with Gasteiger partial charge in [-0.05, 0) is 24.3 Å². The molecule has 0 unspecified atom stereocenters. The van der Waals surface area contributed by atoms with Gasteiger partial charge >= 0.3 is 5.69 Å². The molecule has 0 atom stereocenters. The Kier molecular flexibility index (Phi) is 3.77. The third-order valence-electron chi connectivity index (χ3n) is 3.91. The molecule has 4 rings (SSSR count). The van der Waals surface area contributed by atoms with Crippen LogP contribution in [0.1, 0.15) is 10.5 Å². The fourth-order valence-corrected chi connectivity index (χ4v) is 2.71. The van der Waals surface area contributed by atoms with E-state index in [1.807, 2.05) is 18.2 Å². The molecule has 26 heavy (non-hydrogen) atoms. The monoisotopic (exact) mass is 346 g/mol. The summed E-state index contributed by atoms with van der Waals surface area (Å²) in [5, 5.41) is 2.54. The SMILES string of the molecule is CNC(=O)c1nc(-c2cccnc2)nc2c1[nH]c(=O)n2-c1ccccc1. The zero-order valence-corrected chi connectivity index (χ0v) is 13.8. The van der Waals surface area contributed by atoms with E-state index in [4.69, 9.17) is 0 Å². The Hall–Kier alpha value is -3.81. The van der Waals surface area contributed by atoms with Gasteiger partial charge in [0.25, 0.3) is 5.91 Å². The lowest BCUT2D eigenvalue weighted by Gasteiger charge is -2.07. The van der Waals surface area contributed by atoms with Gasteiger partial charge in [-0.3, -0.25) is 9.78 Å². The minimum atomic E-state index is -0.413. The van der Waals surface area contributed by atoms with E-state index in [-0.39, 0.29) is 11.2 Å². The second-order valence-electron chi connectivity index (χ2n) is 5.52. The van der Waals surface area contributed by atoms with Crippen molar-refractivity contribution in [1.82, 2.24) is 29.8 Å². The molecule has 0 bridgehead atoms. The predicted octanol–water partition coefficient (Wildman–Crippen LogP) is 1.53. The van der Waals surface area contributed by atoms with E-state index in [2.05, 4.69) is 25.3 Å². The molecule has 4 aromatic rings. The number of hydrogen-bond acceptors (Lipinski definition) is 5. The van der Waals surface area contributed by atoms with Crippen LogP contribution in [0.25, 0.3) is 28.2 Å². The second-order valence-corrected chi connectivity index (χ2v) is 5.52. The number of para-hydroxylation sites is 1. The topological polar surface area (TPSA) is 106 Å². The summed E-state index contributed by atoms with van der Waals surface area (Å²) in [4.78, 5) is 40.5. The molecular weight excluding hydrogens is 332 g/mol. The first-order chi connectivity index (χ1) is 12.7. The van der Waals surface area contributed by atoms with Crippen LogP contribution in [0.2, 0.25) is 0 Å². The lowest BCUT2D eigenvalue weighted by atomic mass is 10.2. The van der Waals surface area contributed by atoms with Gasteiger partial charge in [0, 0.05) is 25.0 Å². The van der Waals surface area contributed by atoms with Crippen molar-refractivity contribution in [3.63, 3.8) is 0 Å². The van der Waals surface area contributed by atoms with Gasteiger partial charge < -0.3 is 10.3 Å². The summed E-state index contributed by atoms with van der Waals surface area (Å²) in [6, 6.07) is 12.6. The van der Waals surface area contributed by atoms with Gasteiger partial charge in [0.2, 0.25) is 0 Å². The van der Waals surface area contributed by atoms with E-state index in [0.717, 1.165) is 0 Å². The van der Waals surface area contributed by atoms with E-state index < -0.39 is 11.6 Å². The number of amides is 1. The van der Waals surface area contributed by atoms with Crippen molar-refractivity contribution < 1.29 is 4.79 Å². The van der Waals surface area contributed by atoms with Crippen LogP contribution >= 0.6 is 0 Å². The summed E-state index contributed by atoms with van der Waals surface area (Å²) in [5.41, 5.74) is 1.60. The molecule has 0 aliphatic carbocycles. The molecule has 0 saturated heterocycles. The van der Waals surface area contributed by atoms with E-state index in [1.54, 1.807) is 36.7 Å². The summed E-state index contributed by atoms with van der Waals surface area (Å²) in [7, 11) is 1.51. The minimum Gasteiger partial charge on any atom is -0.354 e. The number of H-pyrrole nitrogens is 1. The molecule has 2 N–H and O–H groups in total. The zero-order valence-electron chi connectivity index (χ0n) is 13.8. The highest BCUT2D eigenvalue weighted by Crippen LogP contribution is 2.21. The first kappa shape index (κ1) is 15.7. The highest BCUT2D eigenvalue weighted by atomic mass is 16.2. The van der Waals surface area contributed by atoms with Crippen LogP contribution in [0, 0.1) is 0 Å². The molecule has 0 spiro atoms. The fourth-order valence-electron chi connectivity index (χ4n) is 2.71. The number of rotatable bonds is 3. The van der Waals surface area contributed by atoms with Crippen LogP contribution in [0.3, 0.4) is 0 Å². The van der Waals surface area contributed by atoms with Gasteiger partial charge in [-0.2, -0.15) is 0 Å². The molecule has 0 fully saturated rings. The average molecular weight is 346 g/mol. The highest BCUT2D eigenvalue weighted by molar-refractivity contribution is 6.02. The predicted molar refractivity (Wildman–Crippen MR) is 96.1 cm³/mol. The lowest BCUT2D eigenvalue weighted by Crippen LogP contribution is -2.20. The minimum absolute atomic E-state index is 0.100. The Morgan fingerprint density at radius 1 is 1.12 bits per heavy atom. The number of imidazole rings is 1. The summed E-state index contributed by atoms with van der Waals surface area (Å²) in [6.07, 6.45) is 3.24. The summed E-state index contributed by atoms with van der Waals surface area (Å²) in [6.45, 7) is 0. The molecule has 0 aliphatic rings. The molecule has 3 heterocycles. The molecule has 3 aromatic heterocycles. The first-order valence-corrected chi connectivity index (χ1v) is 7.89. The molecule has 0 radical (unpaired) electrons. The summed E-state index contributed by atoms with van der Waals surface area (Å²) < 4.78 is 1.42. The quantitative estimate of drug-likeness (QED) is 0.585. The van der Waals surface area contributed by atoms with Gasteiger partial charge in [0.1, 0.15) is 5.52 Å². The average Bonchev–Trinajstić information content (AvgIpc) is 3.03. The number of fused-ring (bicyclic) bond motifs is 1. The summed E-state index contributed by atoms with van der Waals surface area (Å²) >= 11 is 0. The molecular formula is C18H14N6O2. The standard InChI is InChI=1S/C18H14N6O2/c1-19-17(25)14-13-16(23-15(21-14)11-6-5-9-20-10-11)24(18(26)22-13)12-7-3-2-4-8-12/h2-10H,1H3,(H,19,25)(H,22,26). The van der Waals surface area contributed by atoms with Crippen molar-refractivity contribution in [2.24, 2.45) is 0 Å². The number of hydrogen-bond donors (Lipinski definition) is 2. The Morgan fingerprint density at radius 3 is 2.62 bits per heavy atom. The molecule has 0 saturated carbocycles. The van der Waals surface area contributed by atoms with E-state index >= 15 is 0 Å². The maximum atomic E-state index is 12.5. The third-order valence-corrected chi connectivity index (χ3v) is 3.91. The van der Waals surface area contributed by atoms with E-state index in [0.29, 0.717) is 22.7 Å². The van der Waals surface area contributed by atoms with Gasteiger partial charge in [-0.15, -0.1) is 0 Å². The van der Waals surface area contributed by atoms with Crippen LogP contribution in [-0.2, 0) is 0 Å². The molecule has 1 amide bonds. The number of nitrogens with zero attached hydrogens (tertiary/aromatic N) is 4. The second kappa shape index (κ2) is 6.25. The van der Waals surface area contributed by atoms with Crippen LogP contribution < -0.4 is 11.0 Å². The van der Waals surface area contributed by atoms with E-state index in [1.165, 1.54) is 11.6 Å². The van der Waals surface area contributed by atoms with Crippen molar-refractivity contribution in [3.8, 4) is 17.1 Å². The zero-order chi connectivity index (χ0) is 18.1. The van der Waals surface area contributed by atoms with Crippen LogP contribution in [0.15, 0.2) is 59.7 Å². The Bertz CT molecular complexity index is 1150.